The van der Waals surface area contributed by atoms with Crippen LogP contribution in [0.25, 0.3) is 11.1 Å². The summed E-state index contributed by atoms with van der Waals surface area (Å²) in [5, 5.41) is 14.9. The Morgan fingerprint density at radius 1 is 1.00 bits per heavy atom. The maximum Gasteiger partial charge on any atom is 0.407 e. The number of amides is 2. The number of aliphatic carboxylic acids is 1. The van der Waals surface area contributed by atoms with Gasteiger partial charge in [-0.25, -0.2) is 9.59 Å². The average molecular weight is 479 g/mol. The van der Waals surface area contributed by atoms with Crippen LogP contribution in [0.2, 0.25) is 0 Å². The summed E-state index contributed by atoms with van der Waals surface area (Å²) in [4.78, 5) is 36.8. The Morgan fingerprint density at radius 2 is 1.63 bits per heavy atom. The number of fused-ring (bicyclic) bond motifs is 3. The van der Waals surface area contributed by atoms with E-state index in [0.717, 1.165) is 47.9 Å². The Morgan fingerprint density at radius 3 is 2.20 bits per heavy atom. The number of carbonyl (C=O) groups is 3. The minimum absolute atomic E-state index is 0.0264. The van der Waals surface area contributed by atoms with Gasteiger partial charge in [-0.1, -0.05) is 81.1 Å². The van der Waals surface area contributed by atoms with Crippen molar-refractivity contribution in [2.45, 2.75) is 69.9 Å². The molecular weight excluding hydrogens is 444 g/mol. The number of carboxylic acid groups (broad SMARTS) is 1. The highest BCUT2D eigenvalue weighted by atomic mass is 16.5. The van der Waals surface area contributed by atoms with Crippen LogP contribution in [0.3, 0.4) is 0 Å². The molecule has 1 saturated carbocycles. The molecule has 2 aliphatic rings. The second-order valence-corrected chi connectivity index (χ2v) is 9.65. The highest BCUT2D eigenvalue weighted by Gasteiger charge is 2.31. The van der Waals surface area contributed by atoms with Crippen molar-refractivity contribution in [3.05, 3.63) is 59.7 Å². The number of benzene rings is 2. The monoisotopic (exact) mass is 478 g/mol. The fraction of sp³-hybridized carbons (Fsp3) is 0.464. The number of hydrogen-bond acceptors (Lipinski definition) is 4. The number of nitrogens with one attached hydrogen (secondary N) is 2. The maximum absolute atomic E-state index is 12.7. The van der Waals surface area contributed by atoms with Gasteiger partial charge < -0.3 is 20.5 Å². The molecular formula is C28H34N2O5. The van der Waals surface area contributed by atoms with Crippen LogP contribution in [0.1, 0.15) is 68.9 Å². The van der Waals surface area contributed by atoms with E-state index in [0.29, 0.717) is 18.8 Å². The predicted molar refractivity (Wildman–Crippen MR) is 133 cm³/mol. The van der Waals surface area contributed by atoms with Gasteiger partial charge in [0.15, 0.2) is 0 Å². The smallest absolute Gasteiger partial charge is 0.407 e. The van der Waals surface area contributed by atoms with Crippen LogP contribution in [-0.2, 0) is 14.3 Å². The molecule has 0 saturated heterocycles. The normalized spacial score (nSPS) is 16.0. The molecule has 0 heterocycles. The summed E-state index contributed by atoms with van der Waals surface area (Å²) in [6, 6.07) is 15.0. The first-order chi connectivity index (χ1) is 17.0. The number of carbonyl (C=O) groups excluding carboxylic acids is 2. The van der Waals surface area contributed by atoms with Gasteiger partial charge in [-0.3, -0.25) is 4.79 Å². The third-order valence-electron chi connectivity index (χ3n) is 6.90. The third-order valence-corrected chi connectivity index (χ3v) is 6.90. The van der Waals surface area contributed by atoms with E-state index in [-0.39, 0.29) is 24.9 Å². The molecule has 2 amide bonds. The molecule has 1 fully saturated rings. The second kappa shape index (κ2) is 11.4. The first kappa shape index (κ1) is 24.8. The third kappa shape index (κ3) is 6.41. The number of hydrogen-bond donors (Lipinski definition) is 3. The Labute approximate surface area is 206 Å². The van der Waals surface area contributed by atoms with Gasteiger partial charge in [-0.15, -0.1) is 0 Å². The molecule has 4 rings (SSSR count). The molecule has 2 aromatic carbocycles. The largest absolute Gasteiger partial charge is 0.480 e. The molecule has 35 heavy (non-hydrogen) atoms. The number of carboxylic acids is 1. The van der Waals surface area contributed by atoms with Gasteiger partial charge in [-0.2, -0.15) is 0 Å². The molecule has 0 radical (unpaired) electrons. The molecule has 0 spiro atoms. The van der Waals surface area contributed by atoms with E-state index in [1.54, 1.807) is 0 Å². The summed E-state index contributed by atoms with van der Waals surface area (Å²) in [5.41, 5.74) is 4.60. The molecule has 186 valence electrons. The van der Waals surface area contributed by atoms with E-state index in [4.69, 9.17) is 4.74 Å². The van der Waals surface area contributed by atoms with Gasteiger partial charge in [-0.05, 0) is 41.0 Å². The standard InChI is InChI=1S/C28H34N2O5/c1-2-3-8-19(16-26(31)30-25(27(32)33)15-18-13-14-18)29-28(34)35-17-24-22-11-6-4-9-20(22)21-10-5-7-12-23(21)24/h4-7,9-12,18-19,24-25H,2-3,8,13-17H2,1H3,(H,29,34)(H,30,31)(H,32,33)/t19-,25?/m0/s1. The first-order valence-electron chi connectivity index (χ1n) is 12.6. The van der Waals surface area contributed by atoms with Crippen LogP contribution < -0.4 is 10.6 Å². The zero-order valence-electron chi connectivity index (χ0n) is 20.2. The van der Waals surface area contributed by atoms with Crippen molar-refractivity contribution in [1.82, 2.24) is 10.6 Å². The average Bonchev–Trinajstić information content (AvgIpc) is 3.61. The SMILES string of the molecule is CCCC[C@@H](CC(=O)NC(CC1CC1)C(=O)O)NC(=O)OCC1c2ccccc2-c2ccccc21. The Balaban J connectivity index is 1.34. The van der Waals surface area contributed by atoms with Crippen molar-refractivity contribution in [1.29, 1.82) is 0 Å². The highest BCUT2D eigenvalue weighted by molar-refractivity contribution is 5.84. The van der Waals surface area contributed by atoms with E-state index in [1.165, 1.54) is 0 Å². The van der Waals surface area contributed by atoms with E-state index in [9.17, 15) is 19.5 Å². The van der Waals surface area contributed by atoms with Crippen LogP contribution >= 0.6 is 0 Å². The Hall–Kier alpha value is -3.35. The lowest BCUT2D eigenvalue weighted by Gasteiger charge is -2.21. The van der Waals surface area contributed by atoms with Gasteiger partial charge in [0.1, 0.15) is 12.6 Å². The molecule has 1 unspecified atom stereocenters. The lowest BCUT2D eigenvalue weighted by molar-refractivity contribution is -0.142. The van der Waals surface area contributed by atoms with Crippen LogP contribution in [0, 0.1) is 5.92 Å². The van der Waals surface area contributed by atoms with Crippen LogP contribution in [0.15, 0.2) is 48.5 Å². The Kier molecular flexibility index (Phi) is 8.06. The topological polar surface area (TPSA) is 105 Å². The quantitative estimate of drug-likeness (QED) is 0.405. The summed E-state index contributed by atoms with van der Waals surface area (Å²) in [7, 11) is 0. The summed E-state index contributed by atoms with van der Waals surface area (Å²) in [6.07, 6.45) is 4.34. The number of ether oxygens (including phenoxy) is 1. The van der Waals surface area contributed by atoms with Crippen molar-refractivity contribution in [3.8, 4) is 11.1 Å². The van der Waals surface area contributed by atoms with Gasteiger partial charge in [0.2, 0.25) is 5.91 Å². The second-order valence-electron chi connectivity index (χ2n) is 9.65. The molecule has 0 aliphatic heterocycles. The van der Waals surface area contributed by atoms with E-state index >= 15 is 0 Å². The lowest BCUT2D eigenvalue weighted by atomic mass is 9.98. The van der Waals surface area contributed by atoms with Crippen LogP contribution in [0.5, 0.6) is 0 Å². The van der Waals surface area contributed by atoms with E-state index in [2.05, 4.69) is 34.9 Å². The zero-order valence-corrected chi connectivity index (χ0v) is 20.2. The minimum Gasteiger partial charge on any atom is -0.480 e. The summed E-state index contributed by atoms with van der Waals surface area (Å²) in [6.45, 7) is 2.25. The summed E-state index contributed by atoms with van der Waals surface area (Å²) >= 11 is 0. The van der Waals surface area contributed by atoms with Crippen molar-refractivity contribution in [2.75, 3.05) is 6.61 Å². The summed E-state index contributed by atoms with van der Waals surface area (Å²) < 4.78 is 5.64. The lowest BCUT2D eigenvalue weighted by Crippen LogP contribution is -2.45. The van der Waals surface area contributed by atoms with Crippen LogP contribution in [-0.4, -0.2) is 41.8 Å². The van der Waals surface area contributed by atoms with Crippen molar-refractivity contribution < 1.29 is 24.2 Å². The van der Waals surface area contributed by atoms with E-state index in [1.807, 2.05) is 31.2 Å². The molecule has 7 nitrogen and oxygen atoms in total. The van der Waals surface area contributed by atoms with Crippen molar-refractivity contribution in [3.63, 3.8) is 0 Å². The van der Waals surface area contributed by atoms with Gasteiger partial charge in [0.05, 0.1) is 0 Å². The fourth-order valence-corrected chi connectivity index (χ4v) is 4.87. The first-order valence-corrected chi connectivity index (χ1v) is 12.6. The zero-order chi connectivity index (χ0) is 24.8. The van der Waals surface area contributed by atoms with E-state index < -0.39 is 24.1 Å². The van der Waals surface area contributed by atoms with Crippen molar-refractivity contribution in [2.24, 2.45) is 5.92 Å². The molecule has 2 aliphatic carbocycles. The maximum atomic E-state index is 12.7. The van der Waals surface area contributed by atoms with Crippen LogP contribution in [0.4, 0.5) is 4.79 Å². The Bertz CT molecular complexity index is 1020. The molecule has 2 aromatic rings. The summed E-state index contributed by atoms with van der Waals surface area (Å²) in [5.74, 6) is -1.03. The predicted octanol–water partition coefficient (Wildman–Crippen LogP) is 4.84. The number of alkyl carbamates (subject to hydrolysis) is 1. The minimum atomic E-state index is -1.01. The highest BCUT2D eigenvalue weighted by Crippen LogP contribution is 2.44. The molecule has 2 atom stereocenters. The molecule has 0 aromatic heterocycles. The van der Waals surface area contributed by atoms with Gasteiger partial charge in [0.25, 0.3) is 0 Å². The van der Waals surface area contributed by atoms with Crippen molar-refractivity contribution >= 4 is 18.0 Å². The van der Waals surface area contributed by atoms with Gasteiger partial charge >= 0.3 is 12.1 Å². The molecule has 7 heteroatoms. The number of rotatable bonds is 12. The van der Waals surface area contributed by atoms with Gasteiger partial charge in [0, 0.05) is 18.4 Å². The fourth-order valence-electron chi connectivity index (χ4n) is 4.87. The molecule has 3 N–H and O–H groups in total. The molecule has 0 bridgehead atoms. The number of unbranched alkanes of at least 4 members (excludes halogenated alkanes) is 1.